The van der Waals surface area contributed by atoms with Crippen LogP contribution in [-0.2, 0) is 9.53 Å². The van der Waals surface area contributed by atoms with Crippen LogP contribution >= 0.6 is 0 Å². The van der Waals surface area contributed by atoms with E-state index in [4.69, 9.17) is 14.7 Å². The summed E-state index contributed by atoms with van der Waals surface area (Å²) in [5.74, 6) is 0.434. The van der Waals surface area contributed by atoms with Crippen LogP contribution in [0.15, 0.2) is 60.7 Å². The predicted molar refractivity (Wildman–Crippen MR) is 104 cm³/mol. The molecule has 0 amide bonds. The molecule has 4 nitrogen and oxygen atoms in total. The highest BCUT2D eigenvalue weighted by Gasteiger charge is 2.34. The summed E-state index contributed by atoms with van der Waals surface area (Å²) < 4.78 is 11.6. The zero-order chi connectivity index (χ0) is 19.2. The van der Waals surface area contributed by atoms with E-state index in [0.29, 0.717) is 17.6 Å². The average molecular weight is 361 g/mol. The number of hydrogen-bond acceptors (Lipinski definition) is 4. The maximum absolute atomic E-state index is 11.7. The Balaban J connectivity index is 1.71. The van der Waals surface area contributed by atoms with Crippen molar-refractivity contribution in [3.8, 4) is 22.9 Å². The van der Waals surface area contributed by atoms with E-state index in [9.17, 15) is 4.79 Å². The SMILES string of the molecule is C=C1CC(C(CCCC)Oc2ccc(-c3ccc(C#N)cc3)cc2)OC1=O. The molecule has 0 bridgehead atoms. The number of ether oxygens (including phenoxy) is 2. The largest absolute Gasteiger partial charge is 0.487 e. The van der Waals surface area contributed by atoms with Crippen LogP contribution < -0.4 is 4.74 Å². The normalized spacial score (nSPS) is 17.3. The lowest BCUT2D eigenvalue weighted by Crippen LogP contribution is -2.31. The van der Waals surface area contributed by atoms with Gasteiger partial charge in [0.05, 0.1) is 11.6 Å². The number of benzene rings is 2. The van der Waals surface area contributed by atoms with Crippen LogP contribution in [0, 0.1) is 11.3 Å². The van der Waals surface area contributed by atoms with Crippen LogP contribution in [0.3, 0.4) is 0 Å². The Morgan fingerprint density at radius 3 is 2.33 bits per heavy atom. The minimum absolute atomic E-state index is 0.172. The first-order chi connectivity index (χ1) is 13.1. The van der Waals surface area contributed by atoms with E-state index >= 15 is 0 Å². The number of unbranched alkanes of at least 4 members (excludes halogenated alkanes) is 1. The number of rotatable bonds is 7. The van der Waals surface area contributed by atoms with Gasteiger partial charge in [-0.25, -0.2) is 4.79 Å². The Bertz CT molecular complexity index is 831. The molecule has 4 heteroatoms. The van der Waals surface area contributed by atoms with Crippen molar-refractivity contribution in [3.05, 3.63) is 66.2 Å². The number of cyclic esters (lactones) is 1. The van der Waals surface area contributed by atoms with Gasteiger partial charge in [-0.3, -0.25) is 0 Å². The van der Waals surface area contributed by atoms with Crippen molar-refractivity contribution in [2.75, 3.05) is 0 Å². The Morgan fingerprint density at radius 1 is 1.19 bits per heavy atom. The van der Waals surface area contributed by atoms with E-state index in [1.165, 1.54) is 0 Å². The first-order valence-electron chi connectivity index (χ1n) is 9.26. The van der Waals surface area contributed by atoms with Crippen LogP contribution in [0.25, 0.3) is 11.1 Å². The highest BCUT2D eigenvalue weighted by molar-refractivity contribution is 5.90. The Kier molecular flexibility index (Phi) is 5.93. The van der Waals surface area contributed by atoms with Gasteiger partial charge in [-0.15, -0.1) is 0 Å². The molecule has 2 aromatic rings. The summed E-state index contributed by atoms with van der Waals surface area (Å²) in [6, 6.07) is 17.4. The summed E-state index contributed by atoms with van der Waals surface area (Å²) in [4.78, 5) is 11.7. The number of nitriles is 1. The first kappa shape index (κ1) is 18.7. The second-order valence-electron chi connectivity index (χ2n) is 6.76. The summed E-state index contributed by atoms with van der Waals surface area (Å²) in [5.41, 5.74) is 3.26. The van der Waals surface area contributed by atoms with E-state index in [2.05, 4.69) is 19.6 Å². The van der Waals surface area contributed by atoms with Crippen LogP contribution in [0.2, 0.25) is 0 Å². The minimum Gasteiger partial charge on any atom is -0.487 e. The minimum atomic E-state index is -0.318. The van der Waals surface area contributed by atoms with Crippen molar-refractivity contribution in [2.45, 2.75) is 44.8 Å². The molecule has 1 heterocycles. The van der Waals surface area contributed by atoms with Crippen LogP contribution in [0.5, 0.6) is 5.75 Å². The van der Waals surface area contributed by atoms with E-state index in [1.54, 1.807) is 0 Å². The topological polar surface area (TPSA) is 59.3 Å². The van der Waals surface area contributed by atoms with Gasteiger partial charge in [0.15, 0.2) is 0 Å². The lowest BCUT2D eigenvalue weighted by molar-refractivity contribution is -0.142. The first-order valence-corrected chi connectivity index (χ1v) is 9.26. The molecular formula is C23H23NO3. The Morgan fingerprint density at radius 2 is 1.81 bits per heavy atom. The van der Waals surface area contributed by atoms with Gasteiger partial charge in [-0.2, -0.15) is 5.26 Å². The van der Waals surface area contributed by atoms with Gasteiger partial charge in [0.25, 0.3) is 0 Å². The van der Waals surface area contributed by atoms with E-state index < -0.39 is 0 Å². The second-order valence-corrected chi connectivity index (χ2v) is 6.76. The monoisotopic (exact) mass is 361 g/mol. The molecule has 1 fully saturated rings. The van der Waals surface area contributed by atoms with E-state index in [0.717, 1.165) is 36.1 Å². The maximum Gasteiger partial charge on any atom is 0.333 e. The van der Waals surface area contributed by atoms with Crippen molar-refractivity contribution < 1.29 is 14.3 Å². The molecule has 0 radical (unpaired) electrons. The number of hydrogen-bond donors (Lipinski definition) is 0. The van der Waals surface area contributed by atoms with Crippen molar-refractivity contribution in [2.24, 2.45) is 0 Å². The zero-order valence-corrected chi connectivity index (χ0v) is 15.5. The fourth-order valence-electron chi connectivity index (χ4n) is 3.16. The van der Waals surface area contributed by atoms with Crippen molar-refractivity contribution >= 4 is 5.97 Å². The molecule has 3 rings (SSSR count). The second kappa shape index (κ2) is 8.55. The van der Waals surface area contributed by atoms with E-state index in [1.807, 2.05) is 48.5 Å². The quantitative estimate of drug-likeness (QED) is 0.512. The van der Waals surface area contributed by atoms with Crippen LogP contribution in [0.4, 0.5) is 0 Å². The van der Waals surface area contributed by atoms with Crippen molar-refractivity contribution in [1.29, 1.82) is 5.26 Å². The van der Waals surface area contributed by atoms with Crippen LogP contribution in [0.1, 0.15) is 38.2 Å². The molecule has 1 aliphatic rings. The molecule has 0 N–H and O–H groups in total. The number of nitrogens with zero attached hydrogens (tertiary/aromatic N) is 1. The summed E-state index contributed by atoms with van der Waals surface area (Å²) in [6.07, 6.45) is 2.98. The number of carbonyl (C=O) groups is 1. The Labute approximate surface area is 160 Å². The van der Waals surface area contributed by atoms with Gasteiger partial charge < -0.3 is 9.47 Å². The van der Waals surface area contributed by atoms with Gasteiger partial charge in [0.1, 0.15) is 18.0 Å². The summed E-state index contributed by atoms with van der Waals surface area (Å²) >= 11 is 0. The molecule has 0 saturated carbocycles. The van der Waals surface area contributed by atoms with Crippen LogP contribution in [-0.4, -0.2) is 18.2 Å². The third-order valence-corrected chi connectivity index (χ3v) is 4.74. The third-order valence-electron chi connectivity index (χ3n) is 4.74. The molecular weight excluding hydrogens is 338 g/mol. The summed E-state index contributed by atoms with van der Waals surface area (Å²) in [7, 11) is 0. The molecule has 2 atom stereocenters. The van der Waals surface area contributed by atoms with E-state index in [-0.39, 0.29) is 18.2 Å². The molecule has 2 unspecified atom stereocenters. The lowest BCUT2D eigenvalue weighted by atomic mass is 10.0. The molecule has 138 valence electrons. The molecule has 0 spiro atoms. The molecule has 0 aromatic heterocycles. The summed E-state index contributed by atoms with van der Waals surface area (Å²) in [6.45, 7) is 5.89. The highest BCUT2D eigenvalue weighted by Crippen LogP contribution is 2.29. The predicted octanol–water partition coefficient (Wildman–Crippen LogP) is 5.03. The molecule has 2 aromatic carbocycles. The lowest BCUT2D eigenvalue weighted by Gasteiger charge is -2.23. The van der Waals surface area contributed by atoms with Gasteiger partial charge in [0, 0.05) is 12.0 Å². The smallest absolute Gasteiger partial charge is 0.333 e. The highest BCUT2D eigenvalue weighted by atomic mass is 16.6. The molecule has 0 aliphatic carbocycles. The average Bonchev–Trinajstić information content (AvgIpc) is 3.04. The molecule has 1 saturated heterocycles. The van der Waals surface area contributed by atoms with Gasteiger partial charge in [-0.05, 0) is 48.2 Å². The fourth-order valence-corrected chi connectivity index (χ4v) is 3.16. The fraction of sp³-hybridized carbons (Fsp3) is 0.304. The summed E-state index contributed by atoms with van der Waals surface area (Å²) in [5, 5.41) is 8.90. The van der Waals surface area contributed by atoms with Crippen molar-refractivity contribution in [1.82, 2.24) is 0 Å². The zero-order valence-electron chi connectivity index (χ0n) is 15.5. The number of carbonyl (C=O) groups excluding carboxylic acids is 1. The number of esters is 1. The standard InChI is InChI=1S/C23H23NO3/c1-3-4-5-21(22-14-16(2)23(25)27-22)26-20-12-10-19(11-13-20)18-8-6-17(15-24)7-9-18/h6-13,21-22H,2-5,14H2,1H3. The van der Waals surface area contributed by atoms with Crippen molar-refractivity contribution in [3.63, 3.8) is 0 Å². The maximum atomic E-state index is 11.7. The third kappa shape index (κ3) is 4.57. The van der Waals surface area contributed by atoms with Gasteiger partial charge in [0.2, 0.25) is 0 Å². The molecule has 1 aliphatic heterocycles. The Hall–Kier alpha value is -3.06. The molecule has 27 heavy (non-hydrogen) atoms. The van der Waals surface area contributed by atoms with Gasteiger partial charge in [-0.1, -0.05) is 44.2 Å². The van der Waals surface area contributed by atoms with Gasteiger partial charge >= 0.3 is 5.97 Å².